The Morgan fingerprint density at radius 2 is 1.79 bits per heavy atom. The Bertz CT molecular complexity index is 1160. The lowest BCUT2D eigenvalue weighted by Gasteiger charge is -2.21. The van der Waals surface area contributed by atoms with Gasteiger partial charge in [-0.05, 0) is 73.9 Å². The molecule has 2 aromatic rings. The van der Waals surface area contributed by atoms with Crippen molar-refractivity contribution in [1.82, 2.24) is 15.4 Å². The van der Waals surface area contributed by atoms with Crippen LogP contribution >= 0.6 is 0 Å². The molecule has 3 amide bonds. The second-order valence-electron chi connectivity index (χ2n) is 8.96. The Labute approximate surface area is 200 Å². The first-order valence-electron chi connectivity index (χ1n) is 11.8. The predicted molar refractivity (Wildman–Crippen MR) is 129 cm³/mol. The molecular weight excluding hydrogens is 454 g/mol. The number of sulfonamides is 1. The van der Waals surface area contributed by atoms with Crippen molar-refractivity contribution >= 4 is 22.0 Å². The van der Waals surface area contributed by atoms with E-state index in [1.165, 1.54) is 12.1 Å². The highest BCUT2D eigenvalue weighted by Gasteiger charge is 2.22. The lowest BCUT2D eigenvalue weighted by molar-refractivity contribution is 0.0949. The fraction of sp³-hybridized carbons (Fsp3) is 0.440. The van der Waals surface area contributed by atoms with Gasteiger partial charge in [0.05, 0.1) is 17.1 Å². The smallest absolute Gasteiger partial charge is 0.328 e. The summed E-state index contributed by atoms with van der Waals surface area (Å²) >= 11 is 0. The fourth-order valence-electron chi connectivity index (χ4n) is 4.53. The molecule has 0 bridgehead atoms. The van der Waals surface area contributed by atoms with Crippen LogP contribution in [0.1, 0.15) is 59.2 Å². The van der Waals surface area contributed by atoms with E-state index in [9.17, 15) is 18.0 Å². The molecule has 0 unspecified atom stereocenters. The molecule has 34 heavy (non-hydrogen) atoms. The molecule has 8 nitrogen and oxygen atoms in total. The first kappa shape index (κ1) is 24.1. The summed E-state index contributed by atoms with van der Waals surface area (Å²) in [5.41, 5.74) is 3.52. The zero-order chi connectivity index (χ0) is 24.1. The van der Waals surface area contributed by atoms with Gasteiger partial charge in [0.2, 0.25) is 0 Å². The van der Waals surface area contributed by atoms with E-state index in [0.29, 0.717) is 30.9 Å². The molecule has 9 heteroatoms. The van der Waals surface area contributed by atoms with Crippen molar-refractivity contribution in [2.75, 3.05) is 13.2 Å². The number of hydrogen-bond donors (Lipinski definition) is 3. The van der Waals surface area contributed by atoms with Gasteiger partial charge in [0.25, 0.3) is 15.9 Å². The van der Waals surface area contributed by atoms with Gasteiger partial charge in [0, 0.05) is 12.6 Å². The summed E-state index contributed by atoms with van der Waals surface area (Å²) in [6.07, 6.45) is 6.22. The second-order valence-corrected chi connectivity index (χ2v) is 10.6. The number of benzene rings is 2. The third-order valence-electron chi connectivity index (χ3n) is 6.24. The molecular formula is C25H31N3O5S. The molecule has 0 saturated heterocycles. The Balaban J connectivity index is 1.30. The monoisotopic (exact) mass is 485 g/mol. The van der Waals surface area contributed by atoms with Crippen LogP contribution in [-0.2, 0) is 22.9 Å². The van der Waals surface area contributed by atoms with Crippen LogP contribution in [0.15, 0.2) is 41.3 Å². The van der Waals surface area contributed by atoms with Gasteiger partial charge in [0.1, 0.15) is 5.75 Å². The minimum atomic E-state index is -3.95. The van der Waals surface area contributed by atoms with E-state index in [1.807, 2.05) is 13.0 Å². The van der Waals surface area contributed by atoms with E-state index >= 15 is 0 Å². The molecule has 1 heterocycles. The number of fused-ring (bicyclic) bond motifs is 1. The van der Waals surface area contributed by atoms with E-state index in [2.05, 4.69) is 21.4 Å². The predicted octanol–water partition coefficient (Wildman–Crippen LogP) is 3.22. The van der Waals surface area contributed by atoms with Crippen molar-refractivity contribution in [1.29, 1.82) is 0 Å². The molecule has 182 valence electrons. The van der Waals surface area contributed by atoms with Gasteiger partial charge in [-0.15, -0.1) is 0 Å². The summed E-state index contributed by atoms with van der Waals surface area (Å²) in [6, 6.07) is 9.55. The maximum atomic E-state index is 12.8. The molecule has 1 aliphatic heterocycles. The lowest BCUT2D eigenvalue weighted by Crippen LogP contribution is -2.43. The second kappa shape index (κ2) is 10.5. The maximum Gasteiger partial charge on any atom is 0.328 e. The van der Waals surface area contributed by atoms with Gasteiger partial charge < -0.3 is 15.4 Å². The van der Waals surface area contributed by atoms with Crippen LogP contribution in [0.2, 0.25) is 0 Å². The van der Waals surface area contributed by atoms with Crippen molar-refractivity contribution in [3.05, 3.63) is 58.7 Å². The van der Waals surface area contributed by atoms with Crippen molar-refractivity contribution in [3.63, 3.8) is 0 Å². The van der Waals surface area contributed by atoms with E-state index in [0.717, 1.165) is 55.2 Å². The average Bonchev–Trinajstić information content (AvgIpc) is 3.31. The van der Waals surface area contributed by atoms with Gasteiger partial charge in [-0.2, -0.15) is 0 Å². The van der Waals surface area contributed by atoms with E-state index in [-0.39, 0.29) is 16.8 Å². The lowest BCUT2D eigenvalue weighted by atomic mass is 9.99. The van der Waals surface area contributed by atoms with E-state index in [1.54, 1.807) is 12.1 Å². The largest absolute Gasteiger partial charge is 0.492 e. The summed E-state index contributed by atoms with van der Waals surface area (Å²) in [5.74, 6) is 0.493. The first-order valence-corrected chi connectivity index (χ1v) is 13.3. The number of amides is 3. The molecule has 1 fully saturated rings. The third kappa shape index (κ3) is 5.88. The van der Waals surface area contributed by atoms with Crippen LogP contribution in [0.4, 0.5) is 4.79 Å². The Morgan fingerprint density at radius 3 is 2.53 bits per heavy atom. The molecule has 2 aliphatic rings. The minimum absolute atomic E-state index is 0.0189. The Kier molecular flexibility index (Phi) is 7.41. The third-order valence-corrected chi connectivity index (χ3v) is 7.59. The summed E-state index contributed by atoms with van der Waals surface area (Å²) in [4.78, 5) is 24.8. The summed E-state index contributed by atoms with van der Waals surface area (Å²) in [7, 11) is -3.95. The quantitative estimate of drug-likeness (QED) is 0.557. The molecule has 1 saturated carbocycles. The normalized spacial score (nSPS) is 15.8. The van der Waals surface area contributed by atoms with Crippen molar-refractivity contribution in [2.24, 2.45) is 0 Å². The standard InChI is InChI=1S/C25H31N3O5S/c1-17-15-19-5-4-14-33-23(19)22(16-17)24(29)26-13-12-18-8-10-21(11-9-18)34(31,32)28-25(30)27-20-6-2-3-7-20/h8-11,15-16,20H,2-7,12-14H2,1H3,(H,26,29)(H2,27,28,30). The molecule has 1 aliphatic carbocycles. The van der Waals surface area contributed by atoms with E-state index in [4.69, 9.17) is 4.74 Å². The number of urea groups is 1. The molecule has 0 spiro atoms. The number of nitrogens with one attached hydrogen (secondary N) is 3. The number of aryl methyl sites for hydroxylation is 2. The number of carbonyl (C=O) groups is 2. The molecule has 0 aromatic heterocycles. The first-order chi connectivity index (χ1) is 16.3. The number of hydrogen-bond acceptors (Lipinski definition) is 5. The van der Waals surface area contributed by atoms with Gasteiger partial charge >= 0.3 is 6.03 Å². The fourth-order valence-corrected chi connectivity index (χ4v) is 5.44. The number of rotatable bonds is 7. The van der Waals surface area contributed by atoms with Crippen LogP contribution in [-0.4, -0.2) is 39.5 Å². The highest BCUT2D eigenvalue weighted by Crippen LogP contribution is 2.30. The molecule has 0 radical (unpaired) electrons. The average molecular weight is 486 g/mol. The van der Waals surface area contributed by atoms with Crippen LogP contribution in [0.5, 0.6) is 5.75 Å². The summed E-state index contributed by atoms with van der Waals surface area (Å²) < 4.78 is 32.8. The topological polar surface area (TPSA) is 114 Å². The highest BCUT2D eigenvalue weighted by atomic mass is 32.2. The Morgan fingerprint density at radius 1 is 1.06 bits per heavy atom. The summed E-state index contributed by atoms with van der Waals surface area (Å²) in [6.45, 7) is 2.98. The van der Waals surface area contributed by atoms with Crippen LogP contribution in [0.25, 0.3) is 0 Å². The van der Waals surface area contributed by atoms with Crippen molar-refractivity contribution in [2.45, 2.75) is 62.8 Å². The van der Waals surface area contributed by atoms with Crippen LogP contribution < -0.4 is 20.1 Å². The molecule has 0 atom stereocenters. The van der Waals surface area contributed by atoms with Gasteiger partial charge in [0.15, 0.2) is 0 Å². The van der Waals surface area contributed by atoms with Gasteiger partial charge in [-0.1, -0.05) is 31.0 Å². The van der Waals surface area contributed by atoms with Gasteiger partial charge in [-0.25, -0.2) is 17.9 Å². The molecule has 3 N–H and O–H groups in total. The molecule has 2 aromatic carbocycles. The number of carbonyl (C=O) groups excluding carboxylic acids is 2. The highest BCUT2D eigenvalue weighted by molar-refractivity contribution is 7.90. The van der Waals surface area contributed by atoms with Crippen LogP contribution in [0.3, 0.4) is 0 Å². The molecule has 4 rings (SSSR count). The minimum Gasteiger partial charge on any atom is -0.492 e. The zero-order valence-electron chi connectivity index (χ0n) is 19.4. The summed E-state index contributed by atoms with van der Waals surface area (Å²) in [5, 5.41) is 5.64. The van der Waals surface area contributed by atoms with Crippen molar-refractivity contribution in [3.8, 4) is 5.75 Å². The maximum absolute atomic E-state index is 12.8. The van der Waals surface area contributed by atoms with Gasteiger partial charge in [-0.3, -0.25) is 4.79 Å². The Hall–Kier alpha value is -3.07. The van der Waals surface area contributed by atoms with Crippen molar-refractivity contribution < 1.29 is 22.7 Å². The zero-order valence-corrected chi connectivity index (χ0v) is 20.2. The SMILES string of the molecule is Cc1cc2c(c(C(=O)NCCc3ccc(S(=O)(=O)NC(=O)NC4CCCC4)cc3)c1)OCCC2. The van der Waals surface area contributed by atoms with E-state index < -0.39 is 16.1 Å². The van der Waals surface area contributed by atoms with Crippen LogP contribution in [0, 0.1) is 6.92 Å². The number of ether oxygens (including phenoxy) is 1.